The molecule has 1 atom stereocenters. The molecule has 0 aliphatic heterocycles. The molecule has 0 spiro atoms. The van der Waals surface area contributed by atoms with Crippen molar-refractivity contribution in [3.63, 3.8) is 0 Å². The van der Waals surface area contributed by atoms with Crippen LogP contribution in [-0.4, -0.2) is 20.7 Å². The van der Waals surface area contributed by atoms with E-state index in [1.54, 1.807) is 0 Å². The van der Waals surface area contributed by atoms with Gasteiger partial charge in [-0.2, -0.15) is 0 Å². The van der Waals surface area contributed by atoms with E-state index < -0.39 is 0 Å². The quantitative estimate of drug-likeness (QED) is 0.775. The SMILES string of the molecule is C[C@H](NC(=O)c1cn(C)c2ccccc12)c1nnc(N)s1. The first kappa shape index (κ1) is 13.6. The van der Waals surface area contributed by atoms with Crippen LogP contribution in [0.3, 0.4) is 0 Å². The maximum atomic E-state index is 12.5. The van der Waals surface area contributed by atoms with E-state index in [0.717, 1.165) is 10.9 Å². The van der Waals surface area contributed by atoms with E-state index in [4.69, 9.17) is 5.73 Å². The number of amides is 1. The van der Waals surface area contributed by atoms with Crippen molar-refractivity contribution in [1.82, 2.24) is 20.1 Å². The maximum absolute atomic E-state index is 12.5. The first-order chi connectivity index (χ1) is 10.1. The number of hydrogen-bond acceptors (Lipinski definition) is 5. The Labute approximate surface area is 125 Å². The summed E-state index contributed by atoms with van der Waals surface area (Å²) in [7, 11) is 1.92. The molecule has 2 heterocycles. The lowest BCUT2D eigenvalue weighted by molar-refractivity contribution is 0.0941. The van der Waals surface area contributed by atoms with Gasteiger partial charge in [0.1, 0.15) is 5.01 Å². The molecule has 0 bridgehead atoms. The molecule has 1 aromatic carbocycles. The maximum Gasteiger partial charge on any atom is 0.254 e. The van der Waals surface area contributed by atoms with Gasteiger partial charge in [0.05, 0.1) is 11.6 Å². The molecule has 21 heavy (non-hydrogen) atoms. The number of carbonyl (C=O) groups is 1. The molecular formula is C14H15N5OS. The summed E-state index contributed by atoms with van der Waals surface area (Å²) in [5.41, 5.74) is 7.24. The Kier molecular flexibility index (Phi) is 3.34. The van der Waals surface area contributed by atoms with E-state index in [1.807, 2.05) is 49.0 Å². The van der Waals surface area contributed by atoms with E-state index in [-0.39, 0.29) is 11.9 Å². The lowest BCUT2D eigenvalue weighted by Gasteiger charge is -2.09. The van der Waals surface area contributed by atoms with E-state index in [0.29, 0.717) is 15.7 Å². The lowest BCUT2D eigenvalue weighted by atomic mass is 10.1. The van der Waals surface area contributed by atoms with Crippen molar-refractivity contribution >= 4 is 33.3 Å². The highest BCUT2D eigenvalue weighted by atomic mass is 32.1. The van der Waals surface area contributed by atoms with E-state index >= 15 is 0 Å². The molecular weight excluding hydrogens is 286 g/mol. The highest BCUT2D eigenvalue weighted by Gasteiger charge is 2.18. The van der Waals surface area contributed by atoms with Gasteiger partial charge >= 0.3 is 0 Å². The van der Waals surface area contributed by atoms with Gasteiger partial charge in [-0.25, -0.2) is 0 Å². The van der Waals surface area contributed by atoms with Gasteiger partial charge in [-0.3, -0.25) is 4.79 Å². The number of nitrogens with zero attached hydrogens (tertiary/aromatic N) is 3. The van der Waals surface area contributed by atoms with Gasteiger partial charge in [0, 0.05) is 24.1 Å². The normalized spacial score (nSPS) is 12.5. The number of fused-ring (bicyclic) bond motifs is 1. The van der Waals surface area contributed by atoms with E-state index in [9.17, 15) is 4.79 Å². The molecule has 0 fully saturated rings. The average Bonchev–Trinajstić information content (AvgIpc) is 3.04. The zero-order valence-electron chi connectivity index (χ0n) is 11.7. The lowest BCUT2D eigenvalue weighted by Crippen LogP contribution is -2.26. The molecule has 0 aliphatic carbocycles. The third-order valence-corrected chi connectivity index (χ3v) is 4.25. The topological polar surface area (TPSA) is 85.8 Å². The number of benzene rings is 1. The number of nitrogen functional groups attached to an aromatic ring is 1. The summed E-state index contributed by atoms with van der Waals surface area (Å²) in [5.74, 6) is -0.131. The van der Waals surface area contributed by atoms with Crippen LogP contribution in [0.25, 0.3) is 10.9 Å². The number of para-hydroxylation sites is 1. The zero-order chi connectivity index (χ0) is 15.0. The minimum absolute atomic E-state index is 0.131. The predicted molar refractivity (Wildman–Crippen MR) is 83.1 cm³/mol. The Bertz CT molecular complexity index is 807. The van der Waals surface area contributed by atoms with Crippen molar-refractivity contribution in [3.05, 3.63) is 41.0 Å². The zero-order valence-corrected chi connectivity index (χ0v) is 12.5. The molecule has 0 saturated heterocycles. The van der Waals surface area contributed by atoms with Gasteiger partial charge in [-0.15, -0.1) is 10.2 Å². The summed E-state index contributed by atoms with van der Waals surface area (Å²) in [6.07, 6.45) is 1.83. The molecule has 7 heteroatoms. The fraction of sp³-hybridized carbons (Fsp3) is 0.214. The van der Waals surface area contributed by atoms with Crippen LogP contribution in [0.2, 0.25) is 0 Å². The third-order valence-electron chi connectivity index (χ3n) is 3.32. The smallest absolute Gasteiger partial charge is 0.254 e. The highest BCUT2D eigenvalue weighted by Crippen LogP contribution is 2.23. The third kappa shape index (κ3) is 2.47. The molecule has 0 radical (unpaired) electrons. The number of aromatic nitrogens is 3. The second kappa shape index (κ2) is 5.17. The average molecular weight is 301 g/mol. The largest absolute Gasteiger partial charge is 0.374 e. The molecule has 0 unspecified atom stereocenters. The molecule has 2 aromatic heterocycles. The van der Waals surface area contributed by atoms with Crippen molar-refractivity contribution in [2.24, 2.45) is 7.05 Å². The van der Waals surface area contributed by atoms with E-state index in [1.165, 1.54) is 11.3 Å². The first-order valence-corrected chi connectivity index (χ1v) is 7.31. The number of anilines is 1. The summed E-state index contributed by atoms with van der Waals surface area (Å²) in [6.45, 7) is 1.86. The van der Waals surface area contributed by atoms with Gasteiger partial charge in [-0.1, -0.05) is 29.5 Å². The summed E-state index contributed by atoms with van der Waals surface area (Å²) >= 11 is 1.28. The van der Waals surface area contributed by atoms with Gasteiger partial charge < -0.3 is 15.6 Å². The molecule has 108 valence electrons. The summed E-state index contributed by atoms with van der Waals surface area (Å²) in [5, 5.41) is 12.7. The van der Waals surface area contributed by atoms with Crippen LogP contribution in [0, 0.1) is 0 Å². The van der Waals surface area contributed by atoms with Crippen LogP contribution in [-0.2, 0) is 7.05 Å². The van der Waals surface area contributed by atoms with Crippen LogP contribution in [0.4, 0.5) is 5.13 Å². The first-order valence-electron chi connectivity index (χ1n) is 6.50. The van der Waals surface area contributed by atoms with Crippen molar-refractivity contribution in [3.8, 4) is 0 Å². The van der Waals surface area contributed by atoms with Crippen molar-refractivity contribution in [2.75, 3.05) is 5.73 Å². The number of rotatable bonds is 3. The molecule has 1 amide bonds. The molecule has 3 rings (SSSR count). The van der Waals surface area contributed by atoms with Crippen LogP contribution in [0.1, 0.15) is 28.3 Å². The molecule has 0 aliphatic rings. The fourth-order valence-corrected chi connectivity index (χ4v) is 2.89. The Morgan fingerprint density at radius 3 is 2.86 bits per heavy atom. The van der Waals surface area contributed by atoms with Gasteiger partial charge in [0.15, 0.2) is 0 Å². The highest BCUT2D eigenvalue weighted by molar-refractivity contribution is 7.15. The van der Waals surface area contributed by atoms with Gasteiger partial charge in [0.2, 0.25) is 5.13 Å². The Morgan fingerprint density at radius 2 is 2.14 bits per heavy atom. The van der Waals surface area contributed by atoms with Crippen LogP contribution in [0.15, 0.2) is 30.5 Å². The monoisotopic (exact) mass is 301 g/mol. The van der Waals surface area contributed by atoms with Crippen molar-refractivity contribution in [2.45, 2.75) is 13.0 Å². The molecule has 6 nitrogen and oxygen atoms in total. The van der Waals surface area contributed by atoms with Crippen molar-refractivity contribution < 1.29 is 4.79 Å². The fourth-order valence-electron chi connectivity index (χ4n) is 2.28. The molecule has 3 N–H and O–H groups in total. The number of nitrogens with one attached hydrogen (secondary N) is 1. The van der Waals surface area contributed by atoms with Gasteiger partial charge in [0.25, 0.3) is 5.91 Å². The minimum Gasteiger partial charge on any atom is -0.374 e. The molecule has 3 aromatic rings. The van der Waals surface area contributed by atoms with E-state index in [2.05, 4.69) is 15.5 Å². The van der Waals surface area contributed by atoms with Crippen LogP contribution in [0.5, 0.6) is 0 Å². The molecule has 0 saturated carbocycles. The number of carbonyl (C=O) groups excluding carboxylic acids is 1. The summed E-state index contributed by atoms with van der Waals surface area (Å²) < 4.78 is 1.94. The second-order valence-corrected chi connectivity index (χ2v) is 5.89. The second-order valence-electron chi connectivity index (χ2n) is 4.84. The van der Waals surface area contributed by atoms with Crippen molar-refractivity contribution in [1.29, 1.82) is 0 Å². The predicted octanol–water partition coefficient (Wildman–Crippen LogP) is 2.10. The number of nitrogens with two attached hydrogens (primary N) is 1. The Hall–Kier alpha value is -2.41. The van der Waals surface area contributed by atoms with Crippen LogP contribution >= 0.6 is 11.3 Å². The van der Waals surface area contributed by atoms with Gasteiger partial charge in [-0.05, 0) is 13.0 Å². The number of hydrogen-bond donors (Lipinski definition) is 2. The Morgan fingerprint density at radius 1 is 1.38 bits per heavy atom. The Balaban J connectivity index is 1.87. The summed E-state index contributed by atoms with van der Waals surface area (Å²) in [6, 6.07) is 7.58. The minimum atomic E-state index is -0.230. The van der Waals surface area contributed by atoms with Crippen LogP contribution < -0.4 is 11.1 Å². The summed E-state index contributed by atoms with van der Waals surface area (Å²) in [4.78, 5) is 12.5. The standard InChI is InChI=1S/C14H15N5OS/c1-8(13-17-18-14(15)21-13)16-12(20)10-7-19(2)11-6-4-3-5-9(10)11/h3-8H,1-2H3,(H2,15,18)(H,16,20)/t8-/m0/s1. The number of aryl methyl sites for hydroxylation is 1.